The molecule has 2 aliphatic heterocycles. The Labute approximate surface area is 139 Å². The van der Waals surface area contributed by atoms with Gasteiger partial charge >= 0.3 is 0 Å². The van der Waals surface area contributed by atoms with Crippen molar-refractivity contribution in [1.82, 2.24) is 0 Å². The SMILES string of the molecule is C1CC[NH2+]C1.C1CC[NH2+]C1.O=C1C([O-])=C(Cl)C(=O)C([O-])=C1Cl. The third-order valence-electron chi connectivity index (χ3n) is 3.34. The molecule has 0 saturated carbocycles. The van der Waals surface area contributed by atoms with E-state index in [0.717, 1.165) is 0 Å². The number of carbonyl (C=O) groups is 2. The lowest BCUT2D eigenvalue weighted by molar-refractivity contribution is -0.635. The van der Waals surface area contributed by atoms with E-state index in [-0.39, 0.29) is 0 Å². The monoisotopic (exact) mass is 350 g/mol. The third-order valence-corrected chi connectivity index (χ3v) is 4.03. The smallest absolute Gasteiger partial charge is 0.190 e. The van der Waals surface area contributed by atoms with Crippen molar-refractivity contribution in [2.24, 2.45) is 0 Å². The number of rotatable bonds is 0. The second-order valence-electron chi connectivity index (χ2n) is 5.09. The van der Waals surface area contributed by atoms with Gasteiger partial charge in [0, 0.05) is 25.7 Å². The van der Waals surface area contributed by atoms with Crippen LogP contribution < -0.4 is 20.8 Å². The first-order valence-corrected chi connectivity index (χ1v) is 8.08. The zero-order chi connectivity index (χ0) is 16.5. The number of Topliss-reactive ketones (excluding diaryl/α,β-unsaturated/α-hetero) is 2. The van der Waals surface area contributed by atoms with E-state index in [1.54, 1.807) is 0 Å². The summed E-state index contributed by atoms with van der Waals surface area (Å²) < 4.78 is 0. The second-order valence-corrected chi connectivity index (χ2v) is 5.85. The molecule has 0 atom stereocenters. The summed E-state index contributed by atoms with van der Waals surface area (Å²) in [5, 5.41) is 24.3. The van der Waals surface area contributed by atoms with Crippen molar-refractivity contribution >= 4 is 34.8 Å². The van der Waals surface area contributed by atoms with Gasteiger partial charge in [0.15, 0.2) is 11.6 Å². The minimum Gasteiger partial charge on any atom is -0.869 e. The van der Waals surface area contributed by atoms with Gasteiger partial charge in [-0.05, 0) is 11.5 Å². The largest absolute Gasteiger partial charge is 0.869 e. The van der Waals surface area contributed by atoms with E-state index in [1.807, 2.05) is 0 Å². The molecule has 22 heavy (non-hydrogen) atoms. The lowest BCUT2D eigenvalue weighted by Crippen LogP contribution is -2.80. The van der Waals surface area contributed by atoms with Crippen LogP contribution in [0.1, 0.15) is 25.7 Å². The summed E-state index contributed by atoms with van der Waals surface area (Å²) in [6, 6.07) is 0. The van der Waals surface area contributed by atoms with Crippen LogP contribution in [0.3, 0.4) is 0 Å². The Morgan fingerprint density at radius 3 is 1.14 bits per heavy atom. The summed E-state index contributed by atoms with van der Waals surface area (Å²) in [5.41, 5.74) is 0. The number of hydrogen-bond donors (Lipinski definition) is 2. The summed E-state index contributed by atoms with van der Waals surface area (Å²) >= 11 is 10.2. The van der Waals surface area contributed by atoms with Crippen molar-refractivity contribution in [2.45, 2.75) is 25.7 Å². The van der Waals surface area contributed by atoms with Gasteiger partial charge in [0.1, 0.15) is 0 Å². The first-order chi connectivity index (χ1) is 10.5. The van der Waals surface area contributed by atoms with Gasteiger partial charge in [-0.15, -0.1) is 0 Å². The number of allylic oxidation sites excluding steroid dienone is 2. The molecule has 0 aromatic heterocycles. The van der Waals surface area contributed by atoms with Crippen LogP contribution in [-0.4, -0.2) is 37.7 Å². The molecule has 0 aromatic carbocycles. The van der Waals surface area contributed by atoms with Crippen LogP contribution in [0.5, 0.6) is 0 Å². The minimum atomic E-state index is -1.23. The molecule has 0 amide bonds. The van der Waals surface area contributed by atoms with E-state index in [2.05, 4.69) is 10.6 Å². The minimum absolute atomic E-state index is 0.894. The van der Waals surface area contributed by atoms with Gasteiger partial charge in [-0.1, -0.05) is 23.2 Å². The maximum absolute atomic E-state index is 10.7. The van der Waals surface area contributed by atoms with Crippen LogP contribution in [0.25, 0.3) is 0 Å². The van der Waals surface area contributed by atoms with Gasteiger partial charge in [0.2, 0.25) is 0 Å². The van der Waals surface area contributed by atoms with Crippen LogP contribution in [-0.2, 0) is 9.59 Å². The Bertz CT molecular complexity index is 394. The summed E-state index contributed by atoms with van der Waals surface area (Å²) in [5.74, 6) is -4.92. The highest BCUT2D eigenvalue weighted by molar-refractivity contribution is 6.55. The molecular formula is C14H20Cl2N2O4. The Morgan fingerprint density at radius 1 is 0.682 bits per heavy atom. The van der Waals surface area contributed by atoms with Crippen LogP contribution in [0.2, 0.25) is 0 Å². The summed E-state index contributed by atoms with van der Waals surface area (Å²) in [4.78, 5) is 21.4. The Morgan fingerprint density at radius 2 is 0.955 bits per heavy atom. The number of halogens is 2. The quantitative estimate of drug-likeness (QED) is 0.468. The Balaban J connectivity index is 0.000000197. The molecule has 3 rings (SSSR count). The van der Waals surface area contributed by atoms with Crippen molar-refractivity contribution in [3.63, 3.8) is 0 Å². The molecule has 3 aliphatic rings. The zero-order valence-corrected chi connectivity index (χ0v) is 13.7. The molecule has 6 nitrogen and oxygen atoms in total. The van der Waals surface area contributed by atoms with E-state index >= 15 is 0 Å². The van der Waals surface area contributed by atoms with E-state index in [1.165, 1.54) is 51.9 Å². The van der Waals surface area contributed by atoms with E-state index in [4.69, 9.17) is 23.2 Å². The standard InChI is InChI=1S/C6H2Cl2O4.2C4H9N/c7-1-3(9)5(11)2(8)6(12)4(1)10;2*1-2-4-5-3-1/h9,12H;2*5H,1-4H2. The average Bonchev–Trinajstić information content (AvgIpc) is 3.26. The van der Waals surface area contributed by atoms with Crippen molar-refractivity contribution in [3.8, 4) is 0 Å². The summed E-state index contributed by atoms with van der Waals surface area (Å²) in [6.45, 7) is 5.50. The normalized spacial score (nSPS) is 21.4. The number of nitrogens with two attached hydrogens (primary N) is 2. The molecule has 0 aromatic rings. The average molecular weight is 351 g/mol. The fourth-order valence-corrected chi connectivity index (χ4v) is 2.39. The third kappa shape index (κ3) is 5.61. The van der Waals surface area contributed by atoms with Crippen molar-refractivity contribution in [2.75, 3.05) is 26.2 Å². The van der Waals surface area contributed by atoms with Gasteiger partial charge in [-0.25, -0.2) is 0 Å². The highest BCUT2D eigenvalue weighted by Gasteiger charge is 2.22. The maximum Gasteiger partial charge on any atom is 0.190 e. The fraction of sp³-hybridized carbons (Fsp3) is 0.571. The molecule has 0 spiro atoms. The molecule has 2 fully saturated rings. The molecule has 1 aliphatic carbocycles. The maximum atomic E-state index is 10.7. The van der Waals surface area contributed by atoms with Gasteiger partial charge in [-0.3, -0.25) is 9.59 Å². The second kappa shape index (κ2) is 9.84. The first kappa shape index (κ1) is 19.0. The number of quaternary nitrogens is 2. The number of carbonyl (C=O) groups excluding carboxylic acids is 2. The molecule has 2 saturated heterocycles. The molecule has 2 heterocycles. The molecule has 0 unspecified atom stereocenters. The number of hydrogen-bond acceptors (Lipinski definition) is 4. The molecule has 8 heteroatoms. The molecular weight excluding hydrogens is 331 g/mol. The van der Waals surface area contributed by atoms with Gasteiger partial charge in [-0.2, -0.15) is 0 Å². The van der Waals surface area contributed by atoms with Crippen LogP contribution in [0, 0.1) is 0 Å². The van der Waals surface area contributed by atoms with Crippen molar-refractivity contribution in [3.05, 3.63) is 21.6 Å². The van der Waals surface area contributed by atoms with E-state index in [9.17, 15) is 19.8 Å². The predicted molar refractivity (Wildman–Crippen MR) is 77.6 cm³/mol. The Kier molecular flexibility index (Phi) is 8.48. The molecule has 4 N–H and O–H groups in total. The predicted octanol–water partition coefficient (Wildman–Crippen LogP) is -2.55. The summed E-state index contributed by atoms with van der Waals surface area (Å²) in [7, 11) is 0. The lowest BCUT2D eigenvalue weighted by Gasteiger charge is -2.23. The zero-order valence-electron chi connectivity index (χ0n) is 12.2. The van der Waals surface area contributed by atoms with E-state index < -0.39 is 33.1 Å². The highest BCUT2D eigenvalue weighted by atomic mass is 35.5. The van der Waals surface area contributed by atoms with Gasteiger partial charge in [0.05, 0.1) is 36.2 Å². The highest BCUT2D eigenvalue weighted by Crippen LogP contribution is 2.23. The van der Waals surface area contributed by atoms with Crippen molar-refractivity contribution in [1.29, 1.82) is 0 Å². The van der Waals surface area contributed by atoms with Gasteiger partial charge < -0.3 is 20.8 Å². The molecule has 0 bridgehead atoms. The fourth-order valence-electron chi connectivity index (χ4n) is 2.05. The number of ketones is 2. The lowest BCUT2D eigenvalue weighted by atomic mass is 10.1. The van der Waals surface area contributed by atoms with Crippen molar-refractivity contribution < 1.29 is 30.4 Å². The van der Waals surface area contributed by atoms with Crippen LogP contribution >= 0.6 is 23.2 Å². The molecule has 0 radical (unpaired) electrons. The Hall–Kier alpha value is -1.08. The first-order valence-electron chi connectivity index (χ1n) is 7.33. The van der Waals surface area contributed by atoms with Crippen LogP contribution in [0.4, 0.5) is 0 Å². The summed E-state index contributed by atoms with van der Waals surface area (Å²) in [6.07, 6.45) is 5.78. The van der Waals surface area contributed by atoms with E-state index in [0.29, 0.717) is 0 Å². The van der Waals surface area contributed by atoms with Gasteiger partial charge in [0.25, 0.3) is 0 Å². The molecule has 124 valence electrons. The topological polar surface area (TPSA) is 113 Å². The van der Waals surface area contributed by atoms with Crippen LogP contribution in [0.15, 0.2) is 21.6 Å².